The van der Waals surface area contributed by atoms with E-state index in [0.29, 0.717) is 23.7 Å². The Balaban J connectivity index is 1.89. The number of nitrogens with zero attached hydrogens (tertiary/aromatic N) is 1. The summed E-state index contributed by atoms with van der Waals surface area (Å²) >= 11 is 0. The van der Waals surface area contributed by atoms with E-state index in [0.717, 1.165) is 5.56 Å². The molecule has 3 rings (SSSR count). The summed E-state index contributed by atoms with van der Waals surface area (Å²) in [4.78, 5) is 28.3. The van der Waals surface area contributed by atoms with E-state index in [4.69, 9.17) is 4.74 Å². The van der Waals surface area contributed by atoms with Crippen LogP contribution in [0, 0.1) is 5.82 Å². The topological polar surface area (TPSA) is 58.6 Å². The lowest BCUT2D eigenvalue weighted by Crippen LogP contribution is -2.53. The lowest BCUT2D eigenvalue weighted by atomic mass is 10.0. The average molecular weight is 491 g/mol. The van der Waals surface area contributed by atoms with Crippen molar-refractivity contribution >= 4 is 11.8 Å². The van der Waals surface area contributed by atoms with Gasteiger partial charge in [0.1, 0.15) is 17.6 Å². The first kappa shape index (κ1) is 26.9. The fourth-order valence-electron chi connectivity index (χ4n) is 3.92. The van der Waals surface area contributed by atoms with Gasteiger partial charge in [-0.2, -0.15) is 0 Å². The van der Waals surface area contributed by atoms with Crippen LogP contribution in [0.5, 0.6) is 5.75 Å². The number of carbonyl (C=O) groups excluding carboxylic acids is 2. The number of carbonyl (C=O) groups is 2. The van der Waals surface area contributed by atoms with Gasteiger partial charge in [-0.15, -0.1) is 0 Å². The van der Waals surface area contributed by atoms with Gasteiger partial charge < -0.3 is 15.0 Å². The normalized spacial score (nSPS) is 11.9. The number of amides is 2. The van der Waals surface area contributed by atoms with Crippen LogP contribution in [0.4, 0.5) is 4.39 Å². The van der Waals surface area contributed by atoms with Crippen LogP contribution in [0.15, 0.2) is 78.9 Å². The number of hydrogen-bond acceptors (Lipinski definition) is 3. The minimum atomic E-state index is -0.839. The molecule has 0 unspecified atom stereocenters. The molecule has 190 valence electrons. The highest BCUT2D eigenvalue weighted by Gasteiger charge is 2.31. The van der Waals surface area contributed by atoms with Crippen LogP contribution in [-0.4, -0.2) is 35.4 Å². The van der Waals surface area contributed by atoms with Gasteiger partial charge in [-0.25, -0.2) is 4.39 Å². The van der Waals surface area contributed by atoms with Crippen LogP contribution in [0.3, 0.4) is 0 Å². The second kappa shape index (κ2) is 12.9. The molecule has 36 heavy (non-hydrogen) atoms. The van der Waals surface area contributed by atoms with E-state index in [2.05, 4.69) is 19.2 Å². The van der Waals surface area contributed by atoms with Gasteiger partial charge in [0.15, 0.2) is 6.61 Å². The second-order valence-corrected chi connectivity index (χ2v) is 9.49. The lowest BCUT2D eigenvalue weighted by Gasteiger charge is -2.32. The quantitative estimate of drug-likeness (QED) is 0.387. The maximum absolute atomic E-state index is 14.6. The Kier molecular flexibility index (Phi) is 9.62. The molecule has 6 heteroatoms. The minimum Gasteiger partial charge on any atom is -0.484 e. The molecule has 3 aromatic carbocycles. The molecule has 5 nitrogen and oxygen atoms in total. The molecule has 1 N–H and O–H groups in total. The highest BCUT2D eigenvalue weighted by molar-refractivity contribution is 5.88. The molecule has 0 radical (unpaired) electrons. The fraction of sp³-hybridized carbons (Fsp3) is 0.333. The number of nitrogens with one attached hydrogen (secondary N) is 1. The van der Waals surface area contributed by atoms with Gasteiger partial charge in [0.2, 0.25) is 5.91 Å². The van der Waals surface area contributed by atoms with Gasteiger partial charge >= 0.3 is 0 Å². The van der Waals surface area contributed by atoms with Crippen LogP contribution >= 0.6 is 0 Å². The first-order chi connectivity index (χ1) is 17.2. The number of rotatable bonds is 11. The summed E-state index contributed by atoms with van der Waals surface area (Å²) in [6.07, 6.45) is 0.294. The summed E-state index contributed by atoms with van der Waals surface area (Å²) in [5.41, 5.74) is 2.41. The van der Waals surface area contributed by atoms with Gasteiger partial charge in [0, 0.05) is 24.6 Å². The highest BCUT2D eigenvalue weighted by atomic mass is 19.1. The first-order valence-electron chi connectivity index (χ1n) is 12.3. The first-order valence-corrected chi connectivity index (χ1v) is 12.3. The van der Waals surface area contributed by atoms with Gasteiger partial charge in [-0.1, -0.05) is 74.5 Å². The fourth-order valence-corrected chi connectivity index (χ4v) is 3.92. The van der Waals surface area contributed by atoms with Gasteiger partial charge in [0.25, 0.3) is 5.91 Å². The Morgan fingerprint density at radius 2 is 1.53 bits per heavy atom. The van der Waals surface area contributed by atoms with E-state index in [9.17, 15) is 14.0 Å². The van der Waals surface area contributed by atoms with E-state index in [1.54, 1.807) is 18.2 Å². The molecule has 0 bridgehead atoms. The number of ether oxygens (including phenoxy) is 1. The van der Waals surface area contributed by atoms with Crippen molar-refractivity contribution in [3.63, 3.8) is 0 Å². The third-order valence-electron chi connectivity index (χ3n) is 5.91. The summed E-state index contributed by atoms with van der Waals surface area (Å²) in [6.45, 7) is 7.62. The molecular weight excluding hydrogens is 455 g/mol. The maximum Gasteiger partial charge on any atom is 0.261 e. The molecule has 1 atom stereocenters. The van der Waals surface area contributed by atoms with E-state index < -0.39 is 17.8 Å². The zero-order valence-corrected chi connectivity index (χ0v) is 21.4. The molecule has 0 aliphatic rings. The number of benzene rings is 3. The molecule has 0 spiro atoms. The van der Waals surface area contributed by atoms with Crippen molar-refractivity contribution in [2.24, 2.45) is 0 Å². The number of hydrogen-bond donors (Lipinski definition) is 1. The second-order valence-electron chi connectivity index (χ2n) is 9.49. The van der Waals surface area contributed by atoms with E-state index in [1.165, 1.54) is 16.5 Å². The Morgan fingerprint density at radius 1 is 0.889 bits per heavy atom. The van der Waals surface area contributed by atoms with E-state index >= 15 is 0 Å². The Hall–Kier alpha value is -3.67. The van der Waals surface area contributed by atoms with Crippen LogP contribution < -0.4 is 10.1 Å². The maximum atomic E-state index is 14.6. The van der Waals surface area contributed by atoms with Crippen LogP contribution in [0.25, 0.3) is 0 Å². The van der Waals surface area contributed by atoms with Gasteiger partial charge in [-0.3, -0.25) is 9.59 Å². The third kappa shape index (κ3) is 7.67. The van der Waals surface area contributed by atoms with Gasteiger partial charge in [0.05, 0.1) is 0 Å². The van der Waals surface area contributed by atoms with Crippen molar-refractivity contribution < 1.29 is 18.7 Å². The van der Waals surface area contributed by atoms with Crippen molar-refractivity contribution in [1.82, 2.24) is 10.2 Å². The van der Waals surface area contributed by atoms with Crippen molar-refractivity contribution in [2.75, 3.05) is 6.61 Å². The zero-order chi connectivity index (χ0) is 26.1. The van der Waals surface area contributed by atoms with Crippen LogP contribution in [-0.2, 0) is 22.6 Å². The van der Waals surface area contributed by atoms with Crippen molar-refractivity contribution in [1.29, 1.82) is 0 Å². The Morgan fingerprint density at radius 3 is 2.14 bits per heavy atom. The molecular formula is C30H35FN2O3. The third-order valence-corrected chi connectivity index (χ3v) is 5.91. The van der Waals surface area contributed by atoms with E-state index in [1.807, 2.05) is 68.4 Å². The Bertz CT molecular complexity index is 1130. The van der Waals surface area contributed by atoms with Crippen molar-refractivity contribution in [3.8, 4) is 5.75 Å². The van der Waals surface area contributed by atoms with Gasteiger partial charge in [-0.05, 0) is 49.1 Å². The summed E-state index contributed by atoms with van der Waals surface area (Å²) < 4.78 is 20.4. The molecule has 0 saturated carbocycles. The average Bonchev–Trinajstić information content (AvgIpc) is 2.86. The molecule has 3 aromatic rings. The van der Waals surface area contributed by atoms with Crippen LogP contribution in [0.2, 0.25) is 0 Å². The summed E-state index contributed by atoms with van der Waals surface area (Å²) in [6, 6.07) is 22.4. The highest BCUT2D eigenvalue weighted by Crippen LogP contribution is 2.20. The summed E-state index contributed by atoms with van der Waals surface area (Å²) in [5.74, 6) is -0.172. The molecule has 0 fully saturated rings. The van der Waals surface area contributed by atoms with Crippen molar-refractivity contribution in [3.05, 3.63) is 101 Å². The summed E-state index contributed by atoms with van der Waals surface area (Å²) in [5, 5.41) is 2.92. The molecule has 0 aliphatic carbocycles. The molecule has 0 aromatic heterocycles. The molecule has 0 heterocycles. The Labute approximate surface area is 213 Å². The smallest absolute Gasteiger partial charge is 0.261 e. The lowest BCUT2D eigenvalue weighted by molar-refractivity contribution is -0.143. The standard InChI is InChI=1S/C30H35FN2O3/c1-21(2)24-14-16-26(17-15-24)36-20-29(34)33(19-25-12-8-9-13-27(25)31)28(30(35)32-22(3)4)18-23-10-6-5-7-11-23/h5-17,21-22,28H,18-20H2,1-4H3,(H,32,35)/t28-/m0/s1. The molecule has 0 saturated heterocycles. The minimum absolute atomic E-state index is 0.0514. The van der Waals surface area contributed by atoms with E-state index in [-0.39, 0.29) is 25.1 Å². The predicted molar refractivity (Wildman–Crippen MR) is 140 cm³/mol. The largest absolute Gasteiger partial charge is 0.484 e. The predicted octanol–water partition coefficient (Wildman–Crippen LogP) is 5.49. The SMILES string of the molecule is CC(C)NC(=O)[C@H](Cc1ccccc1)N(Cc1ccccc1F)C(=O)COc1ccc(C(C)C)cc1. The molecule has 0 aliphatic heterocycles. The molecule has 2 amide bonds. The van der Waals surface area contributed by atoms with Crippen LogP contribution in [0.1, 0.15) is 50.3 Å². The van der Waals surface area contributed by atoms with Crippen molar-refractivity contribution in [2.45, 2.75) is 58.7 Å². The summed E-state index contributed by atoms with van der Waals surface area (Å²) in [7, 11) is 0. The monoisotopic (exact) mass is 490 g/mol. The number of halogens is 1. The zero-order valence-electron chi connectivity index (χ0n) is 21.4.